The summed E-state index contributed by atoms with van der Waals surface area (Å²) in [7, 11) is 0. The number of ether oxygens (including phenoxy) is 1. The maximum absolute atomic E-state index is 12.7. The van der Waals surface area contributed by atoms with Crippen LogP contribution in [0.5, 0.6) is 0 Å². The van der Waals surface area contributed by atoms with Gasteiger partial charge in [-0.05, 0) is 31.2 Å². The molecule has 1 saturated carbocycles. The molecule has 1 aromatic carbocycles. The molecule has 1 heterocycles. The molecule has 1 amide bonds. The molecule has 23 heavy (non-hydrogen) atoms. The van der Waals surface area contributed by atoms with E-state index < -0.39 is 5.41 Å². The Morgan fingerprint density at radius 3 is 2.30 bits per heavy atom. The first-order valence-electron chi connectivity index (χ1n) is 8.33. The van der Waals surface area contributed by atoms with Crippen molar-refractivity contribution in [2.45, 2.75) is 37.5 Å². The Hall–Kier alpha value is -1.10. The third-order valence-electron chi connectivity index (χ3n) is 5.61. The molecule has 3 N–H and O–H groups in total. The lowest BCUT2D eigenvalue weighted by molar-refractivity contribution is -0.136. The van der Waals surface area contributed by atoms with Crippen LogP contribution in [0.15, 0.2) is 30.3 Å². The van der Waals surface area contributed by atoms with E-state index in [2.05, 4.69) is 29.6 Å². The maximum atomic E-state index is 12.7. The molecule has 3 rings (SSSR count). The molecule has 128 valence electrons. The number of nitrogens with one attached hydrogen (secondary N) is 1. The van der Waals surface area contributed by atoms with Crippen molar-refractivity contribution in [2.75, 3.05) is 26.3 Å². The normalized spacial score (nSPS) is 21.6. The van der Waals surface area contributed by atoms with E-state index in [-0.39, 0.29) is 23.7 Å². The summed E-state index contributed by atoms with van der Waals surface area (Å²) in [6, 6.07) is 10.6. The van der Waals surface area contributed by atoms with E-state index in [1.54, 1.807) is 0 Å². The van der Waals surface area contributed by atoms with Gasteiger partial charge >= 0.3 is 0 Å². The van der Waals surface area contributed by atoms with Crippen LogP contribution >= 0.6 is 12.4 Å². The first-order valence-corrected chi connectivity index (χ1v) is 8.33. The summed E-state index contributed by atoms with van der Waals surface area (Å²) < 4.78 is 5.39. The van der Waals surface area contributed by atoms with Gasteiger partial charge in [0.25, 0.3) is 0 Å². The van der Waals surface area contributed by atoms with Crippen LogP contribution in [-0.4, -0.2) is 32.2 Å². The van der Waals surface area contributed by atoms with Gasteiger partial charge in [0.05, 0.1) is 5.41 Å². The highest BCUT2D eigenvalue weighted by Gasteiger charge is 2.42. The van der Waals surface area contributed by atoms with E-state index in [4.69, 9.17) is 10.5 Å². The largest absolute Gasteiger partial charge is 0.381 e. The first kappa shape index (κ1) is 18.2. The molecule has 0 aromatic heterocycles. The summed E-state index contributed by atoms with van der Waals surface area (Å²) >= 11 is 0. The molecule has 2 aliphatic rings. The van der Waals surface area contributed by atoms with E-state index in [0.717, 1.165) is 32.2 Å². The number of nitrogens with two attached hydrogens (primary N) is 1. The minimum absolute atomic E-state index is 0. The van der Waals surface area contributed by atoms with Gasteiger partial charge in [-0.15, -0.1) is 12.4 Å². The van der Waals surface area contributed by atoms with Crippen molar-refractivity contribution in [2.24, 2.45) is 11.1 Å². The van der Waals surface area contributed by atoms with Crippen LogP contribution in [0, 0.1) is 5.41 Å². The molecule has 1 aliphatic heterocycles. The molecule has 2 fully saturated rings. The van der Waals surface area contributed by atoms with Gasteiger partial charge in [-0.25, -0.2) is 0 Å². The number of carbonyl (C=O) groups excluding carboxylic acids is 1. The Balaban J connectivity index is 0.00000192. The monoisotopic (exact) mass is 338 g/mol. The SMILES string of the molecule is Cl.NCC1(C(=O)NCC2(c3ccccc3)CCC2)CCOCC1. The highest BCUT2D eigenvalue weighted by molar-refractivity contribution is 5.85. The minimum Gasteiger partial charge on any atom is -0.381 e. The van der Waals surface area contributed by atoms with Gasteiger partial charge < -0.3 is 15.8 Å². The summed E-state index contributed by atoms with van der Waals surface area (Å²) in [6.45, 7) is 2.39. The van der Waals surface area contributed by atoms with Crippen LogP contribution in [-0.2, 0) is 14.9 Å². The van der Waals surface area contributed by atoms with Gasteiger partial charge in [0.2, 0.25) is 5.91 Å². The Labute approximate surface area is 144 Å². The number of rotatable bonds is 5. The molecule has 0 spiro atoms. The second kappa shape index (κ2) is 7.65. The molecule has 5 heteroatoms. The van der Waals surface area contributed by atoms with Gasteiger partial charge in [-0.3, -0.25) is 4.79 Å². The third kappa shape index (κ3) is 3.54. The zero-order valence-electron chi connectivity index (χ0n) is 13.6. The Morgan fingerprint density at radius 2 is 1.78 bits per heavy atom. The van der Waals surface area contributed by atoms with Crippen LogP contribution < -0.4 is 11.1 Å². The van der Waals surface area contributed by atoms with Crippen LogP contribution in [0.3, 0.4) is 0 Å². The number of halogens is 1. The molecular weight excluding hydrogens is 312 g/mol. The number of amides is 1. The molecule has 4 nitrogen and oxygen atoms in total. The average molecular weight is 339 g/mol. The number of carbonyl (C=O) groups is 1. The number of hydrogen-bond acceptors (Lipinski definition) is 3. The highest BCUT2D eigenvalue weighted by Crippen LogP contribution is 2.43. The van der Waals surface area contributed by atoms with E-state index in [1.807, 2.05) is 6.07 Å². The summed E-state index contributed by atoms with van der Waals surface area (Å²) in [6.07, 6.45) is 4.99. The number of benzene rings is 1. The lowest BCUT2D eigenvalue weighted by Crippen LogP contribution is -2.53. The zero-order chi connectivity index (χ0) is 15.5. The quantitative estimate of drug-likeness (QED) is 0.866. The smallest absolute Gasteiger partial charge is 0.227 e. The van der Waals surface area contributed by atoms with Crippen LogP contribution in [0.4, 0.5) is 0 Å². The zero-order valence-corrected chi connectivity index (χ0v) is 14.4. The summed E-state index contributed by atoms with van der Waals surface area (Å²) in [4.78, 5) is 12.7. The fourth-order valence-corrected chi connectivity index (χ4v) is 3.69. The molecule has 0 unspecified atom stereocenters. The van der Waals surface area contributed by atoms with Crippen molar-refractivity contribution in [3.63, 3.8) is 0 Å². The van der Waals surface area contributed by atoms with Crippen LogP contribution in [0.25, 0.3) is 0 Å². The van der Waals surface area contributed by atoms with E-state index in [1.165, 1.54) is 12.0 Å². The molecule has 1 saturated heterocycles. The van der Waals surface area contributed by atoms with Crippen molar-refractivity contribution in [3.8, 4) is 0 Å². The van der Waals surface area contributed by atoms with Gasteiger partial charge in [0.1, 0.15) is 0 Å². The topological polar surface area (TPSA) is 64.4 Å². The lowest BCUT2D eigenvalue weighted by Gasteiger charge is -2.44. The Morgan fingerprint density at radius 1 is 1.13 bits per heavy atom. The summed E-state index contributed by atoms with van der Waals surface area (Å²) in [5.74, 6) is 0.112. The standard InChI is InChI=1S/C18H26N2O2.ClH/c19-13-17(9-11-22-12-10-17)16(21)20-14-18(7-4-8-18)15-5-2-1-3-6-15;/h1-3,5-6H,4,7-14,19H2,(H,20,21);1H. The van der Waals surface area contributed by atoms with Gasteiger partial charge in [-0.1, -0.05) is 36.8 Å². The fraction of sp³-hybridized carbons (Fsp3) is 0.611. The van der Waals surface area contributed by atoms with Gasteiger partial charge in [0.15, 0.2) is 0 Å². The minimum atomic E-state index is -0.431. The van der Waals surface area contributed by atoms with E-state index >= 15 is 0 Å². The van der Waals surface area contributed by atoms with Crippen LogP contribution in [0.1, 0.15) is 37.7 Å². The Bertz CT molecular complexity index is 511. The second-order valence-electron chi connectivity index (χ2n) is 6.78. The molecule has 1 aromatic rings. The lowest BCUT2D eigenvalue weighted by atomic mass is 9.64. The van der Waals surface area contributed by atoms with Crippen molar-refractivity contribution < 1.29 is 9.53 Å². The molecule has 0 atom stereocenters. The molecule has 0 bridgehead atoms. The first-order chi connectivity index (χ1) is 10.7. The van der Waals surface area contributed by atoms with Crippen molar-refractivity contribution in [1.82, 2.24) is 5.32 Å². The predicted octanol–water partition coefficient (Wildman–Crippen LogP) is 2.40. The molecule has 0 radical (unpaired) electrons. The highest BCUT2D eigenvalue weighted by atomic mass is 35.5. The van der Waals surface area contributed by atoms with Crippen molar-refractivity contribution >= 4 is 18.3 Å². The van der Waals surface area contributed by atoms with E-state index in [9.17, 15) is 4.79 Å². The third-order valence-corrected chi connectivity index (χ3v) is 5.61. The summed E-state index contributed by atoms with van der Waals surface area (Å²) in [5, 5.41) is 3.21. The fourth-order valence-electron chi connectivity index (χ4n) is 3.69. The molecular formula is C18H27ClN2O2. The van der Waals surface area contributed by atoms with Crippen molar-refractivity contribution in [1.29, 1.82) is 0 Å². The molecule has 1 aliphatic carbocycles. The van der Waals surface area contributed by atoms with Gasteiger partial charge in [-0.2, -0.15) is 0 Å². The van der Waals surface area contributed by atoms with Crippen molar-refractivity contribution in [3.05, 3.63) is 35.9 Å². The average Bonchev–Trinajstić information content (AvgIpc) is 2.55. The van der Waals surface area contributed by atoms with Crippen LogP contribution in [0.2, 0.25) is 0 Å². The second-order valence-corrected chi connectivity index (χ2v) is 6.78. The van der Waals surface area contributed by atoms with E-state index in [0.29, 0.717) is 19.8 Å². The maximum Gasteiger partial charge on any atom is 0.227 e. The predicted molar refractivity (Wildman–Crippen MR) is 93.8 cm³/mol. The number of hydrogen-bond donors (Lipinski definition) is 2. The summed E-state index contributed by atoms with van der Waals surface area (Å²) in [5.41, 5.74) is 6.95. The van der Waals surface area contributed by atoms with Gasteiger partial charge in [0, 0.05) is 31.7 Å². The Kier molecular flexibility index (Phi) is 6.06.